The number of alkyl halides is 3. The van der Waals surface area contributed by atoms with E-state index in [1.807, 2.05) is 30.3 Å². The van der Waals surface area contributed by atoms with Gasteiger partial charge in [-0.1, -0.05) is 30.3 Å². The second-order valence-corrected chi connectivity index (χ2v) is 6.23. The molecule has 2 aromatic rings. The van der Waals surface area contributed by atoms with Crippen molar-refractivity contribution in [1.82, 2.24) is 9.88 Å². The number of hydrogen-bond donors (Lipinski definition) is 0. The van der Waals surface area contributed by atoms with Gasteiger partial charge in [0.1, 0.15) is 11.7 Å². The van der Waals surface area contributed by atoms with Gasteiger partial charge in [-0.05, 0) is 30.5 Å². The van der Waals surface area contributed by atoms with Gasteiger partial charge in [0.15, 0.2) is 0 Å². The summed E-state index contributed by atoms with van der Waals surface area (Å²) >= 11 is 0. The first-order valence-corrected chi connectivity index (χ1v) is 8.44. The third-order valence-corrected chi connectivity index (χ3v) is 4.25. The molecule has 1 fully saturated rings. The van der Waals surface area contributed by atoms with Crippen molar-refractivity contribution >= 4 is 5.91 Å². The first-order valence-electron chi connectivity index (χ1n) is 8.44. The lowest BCUT2D eigenvalue weighted by atomic mass is 10.1. The molecule has 2 heterocycles. The van der Waals surface area contributed by atoms with Gasteiger partial charge in [0.25, 0.3) is 0 Å². The smallest absolute Gasteiger partial charge is 0.421 e. The van der Waals surface area contributed by atoms with Gasteiger partial charge in [-0.25, -0.2) is 4.98 Å². The average molecular weight is 364 g/mol. The Morgan fingerprint density at radius 3 is 2.58 bits per heavy atom. The van der Waals surface area contributed by atoms with E-state index < -0.39 is 23.7 Å². The maximum absolute atomic E-state index is 12.9. The number of rotatable bonds is 6. The number of carbonyl (C=O) groups is 1. The Labute approximate surface area is 149 Å². The molecule has 0 radical (unpaired) electrons. The molecule has 0 saturated carbocycles. The zero-order valence-corrected chi connectivity index (χ0v) is 14.1. The van der Waals surface area contributed by atoms with Crippen molar-refractivity contribution in [1.29, 1.82) is 0 Å². The first kappa shape index (κ1) is 18.2. The number of pyridine rings is 1. The maximum atomic E-state index is 12.9. The fourth-order valence-corrected chi connectivity index (χ4v) is 2.82. The molecular weight excluding hydrogens is 345 g/mol. The van der Waals surface area contributed by atoms with Crippen molar-refractivity contribution < 1.29 is 22.7 Å². The number of carbonyl (C=O) groups excluding carboxylic acids is 1. The lowest BCUT2D eigenvalue weighted by Crippen LogP contribution is -2.56. The van der Waals surface area contributed by atoms with E-state index in [1.165, 1.54) is 17.8 Å². The summed E-state index contributed by atoms with van der Waals surface area (Å²) in [6.45, 7) is 0.579. The van der Waals surface area contributed by atoms with Crippen LogP contribution in [0.15, 0.2) is 48.7 Å². The number of halogens is 3. The van der Waals surface area contributed by atoms with Crippen LogP contribution in [0.1, 0.15) is 24.0 Å². The normalized spacial score (nSPS) is 14.8. The molecule has 0 N–H and O–H groups in total. The van der Waals surface area contributed by atoms with E-state index >= 15 is 0 Å². The number of aryl methyl sites for hydroxylation is 1. The van der Waals surface area contributed by atoms with Gasteiger partial charge in [0, 0.05) is 12.6 Å². The quantitative estimate of drug-likeness (QED) is 0.785. The van der Waals surface area contributed by atoms with Gasteiger partial charge in [-0.3, -0.25) is 4.79 Å². The molecule has 0 aliphatic carbocycles. The Morgan fingerprint density at radius 2 is 1.88 bits per heavy atom. The Kier molecular flexibility index (Phi) is 5.44. The van der Waals surface area contributed by atoms with E-state index in [2.05, 4.69) is 4.98 Å². The molecule has 1 saturated heterocycles. The molecule has 1 aliphatic rings. The second-order valence-electron chi connectivity index (χ2n) is 6.23. The van der Waals surface area contributed by atoms with Gasteiger partial charge in [-0.15, -0.1) is 0 Å². The van der Waals surface area contributed by atoms with Crippen LogP contribution in [0.5, 0.6) is 5.88 Å². The molecule has 0 spiro atoms. The fraction of sp³-hybridized carbons (Fsp3) is 0.368. The van der Waals surface area contributed by atoms with E-state index in [0.29, 0.717) is 6.42 Å². The van der Waals surface area contributed by atoms with Gasteiger partial charge in [0.2, 0.25) is 11.8 Å². The fourth-order valence-electron chi connectivity index (χ4n) is 2.82. The second kappa shape index (κ2) is 7.76. The topological polar surface area (TPSA) is 42.4 Å². The van der Waals surface area contributed by atoms with Crippen LogP contribution in [0.25, 0.3) is 0 Å². The van der Waals surface area contributed by atoms with Gasteiger partial charge in [0.05, 0.1) is 13.1 Å². The monoisotopic (exact) mass is 364 g/mol. The molecule has 138 valence electrons. The molecule has 0 unspecified atom stereocenters. The number of nitrogens with zero attached hydrogens (tertiary/aromatic N) is 2. The average Bonchev–Trinajstić information content (AvgIpc) is 2.58. The zero-order valence-electron chi connectivity index (χ0n) is 14.1. The van der Waals surface area contributed by atoms with Crippen LogP contribution in [0.3, 0.4) is 0 Å². The van der Waals surface area contributed by atoms with Crippen molar-refractivity contribution in [3.63, 3.8) is 0 Å². The highest BCUT2D eigenvalue weighted by atomic mass is 19.4. The van der Waals surface area contributed by atoms with Crippen LogP contribution in [-0.4, -0.2) is 35.0 Å². The summed E-state index contributed by atoms with van der Waals surface area (Å²) < 4.78 is 44.1. The Balaban J connectivity index is 1.44. The van der Waals surface area contributed by atoms with E-state index in [1.54, 1.807) is 4.90 Å². The highest BCUT2D eigenvalue weighted by Crippen LogP contribution is 2.35. The minimum Gasteiger partial charge on any atom is -0.470 e. The largest absolute Gasteiger partial charge is 0.470 e. The number of ether oxygens (including phenoxy) is 1. The van der Waals surface area contributed by atoms with E-state index in [9.17, 15) is 18.0 Å². The van der Waals surface area contributed by atoms with Crippen LogP contribution in [0, 0.1) is 0 Å². The van der Waals surface area contributed by atoms with Crippen LogP contribution in [0.4, 0.5) is 13.2 Å². The Hall–Kier alpha value is -2.57. The summed E-state index contributed by atoms with van der Waals surface area (Å²) in [5.41, 5.74) is 0.285. The SMILES string of the molecule is O=C(CCCc1ccccc1)N1CC(Oc2ncccc2C(F)(F)F)C1. The summed E-state index contributed by atoms with van der Waals surface area (Å²) in [6, 6.07) is 12.1. The van der Waals surface area contributed by atoms with Crippen molar-refractivity contribution in [2.45, 2.75) is 31.5 Å². The third-order valence-electron chi connectivity index (χ3n) is 4.25. The minimum atomic E-state index is -4.51. The van der Waals surface area contributed by atoms with Gasteiger partial charge in [-0.2, -0.15) is 13.2 Å². The van der Waals surface area contributed by atoms with Gasteiger partial charge < -0.3 is 9.64 Å². The molecule has 3 rings (SSSR count). The molecule has 1 aromatic heterocycles. The summed E-state index contributed by atoms with van der Waals surface area (Å²) in [6.07, 6.45) is -1.73. The van der Waals surface area contributed by atoms with Crippen molar-refractivity contribution in [2.24, 2.45) is 0 Å². The standard InChI is InChI=1S/C19H19F3N2O2/c20-19(21,22)16-9-5-11-23-18(16)26-15-12-24(13-15)17(25)10-4-8-14-6-2-1-3-7-14/h1-3,5-7,9,11,15H,4,8,10,12-13H2. The third kappa shape index (κ3) is 4.53. The molecule has 0 bridgehead atoms. The molecule has 26 heavy (non-hydrogen) atoms. The number of likely N-dealkylation sites (tertiary alicyclic amines) is 1. The van der Waals surface area contributed by atoms with Crippen LogP contribution < -0.4 is 4.74 Å². The van der Waals surface area contributed by atoms with Gasteiger partial charge >= 0.3 is 6.18 Å². The Morgan fingerprint density at radius 1 is 1.15 bits per heavy atom. The number of hydrogen-bond acceptors (Lipinski definition) is 3. The molecule has 0 atom stereocenters. The summed E-state index contributed by atoms with van der Waals surface area (Å²) in [5.74, 6) is -0.431. The molecule has 7 heteroatoms. The number of amides is 1. The Bertz CT molecular complexity index is 744. The summed E-state index contributed by atoms with van der Waals surface area (Å²) in [7, 11) is 0. The van der Waals surface area contributed by atoms with Crippen LogP contribution >= 0.6 is 0 Å². The molecular formula is C19H19F3N2O2. The molecule has 4 nitrogen and oxygen atoms in total. The number of aromatic nitrogens is 1. The highest BCUT2D eigenvalue weighted by Gasteiger charge is 2.38. The molecule has 1 aromatic carbocycles. The lowest BCUT2D eigenvalue weighted by molar-refractivity contribution is -0.145. The minimum absolute atomic E-state index is 0.00199. The van der Waals surface area contributed by atoms with Crippen molar-refractivity contribution in [2.75, 3.05) is 13.1 Å². The molecule has 1 aliphatic heterocycles. The lowest BCUT2D eigenvalue weighted by Gasteiger charge is -2.39. The van der Waals surface area contributed by atoms with E-state index in [4.69, 9.17) is 4.74 Å². The predicted octanol–water partition coefficient (Wildman–Crippen LogP) is 3.71. The summed E-state index contributed by atoms with van der Waals surface area (Å²) in [4.78, 5) is 17.4. The van der Waals surface area contributed by atoms with E-state index in [0.717, 1.165) is 18.9 Å². The maximum Gasteiger partial charge on any atom is 0.421 e. The van der Waals surface area contributed by atoms with Crippen LogP contribution in [-0.2, 0) is 17.4 Å². The predicted molar refractivity (Wildman–Crippen MR) is 89.6 cm³/mol. The van der Waals surface area contributed by atoms with Crippen molar-refractivity contribution in [3.8, 4) is 5.88 Å². The molecule has 1 amide bonds. The van der Waals surface area contributed by atoms with E-state index in [-0.39, 0.29) is 19.0 Å². The zero-order chi connectivity index (χ0) is 18.6. The highest BCUT2D eigenvalue weighted by molar-refractivity contribution is 5.77. The van der Waals surface area contributed by atoms with Crippen molar-refractivity contribution in [3.05, 3.63) is 59.8 Å². The van der Waals surface area contributed by atoms with Crippen LogP contribution in [0.2, 0.25) is 0 Å². The first-order chi connectivity index (χ1) is 12.4. The number of benzene rings is 1. The summed E-state index contributed by atoms with van der Waals surface area (Å²) in [5, 5.41) is 0.